The molecule has 0 aliphatic heterocycles. The van der Waals surface area contributed by atoms with Gasteiger partial charge in [0.1, 0.15) is 6.61 Å². The third kappa shape index (κ3) is 2.42. The van der Waals surface area contributed by atoms with E-state index in [1.165, 1.54) is 0 Å². The number of carbonyl (C=O) groups is 1. The highest BCUT2D eigenvalue weighted by molar-refractivity contribution is 5.73. The third-order valence-corrected chi connectivity index (χ3v) is 0.586. The van der Waals surface area contributed by atoms with E-state index in [0.717, 1.165) is 0 Å². The molecule has 0 saturated heterocycles. The minimum absolute atomic E-state index is 0.723. The van der Waals surface area contributed by atoms with Gasteiger partial charge in [0.25, 0.3) is 0 Å². The Balaban J connectivity index is 3.90. The summed E-state index contributed by atoms with van der Waals surface area (Å²) >= 11 is 0. The van der Waals surface area contributed by atoms with Crippen LogP contribution in [0, 0.1) is 12.3 Å². The van der Waals surface area contributed by atoms with Crippen LogP contribution >= 0.6 is 0 Å². The molecule has 0 aromatic heterocycles. The Morgan fingerprint density at radius 3 is 2.60 bits per heavy atom. The zero-order valence-electron chi connectivity index (χ0n) is 4.80. The average molecular weight is 150 g/mol. The van der Waals surface area contributed by atoms with Crippen molar-refractivity contribution >= 4 is 5.97 Å². The quantitative estimate of drug-likeness (QED) is 0.589. The molecule has 0 unspecified atom stereocenters. The fourth-order valence-corrected chi connectivity index (χ4v) is 0.194. The molecule has 0 bridgehead atoms. The molecule has 0 rings (SSSR count). The lowest BCUT2D eigenvalue weighted by atomic mass is 10.6. The summed E-state index contributed by atoms with van der Waals surface area (Å²) in [6.07, 6.45) is 0.360. The first-order valence-electron chi connectivity index (χ1n) is 2.19. The van der Waals surface area contributed by atoms with Crippen LogP contribution in [0.1, 0.15) is 0 Å². The van der Waals surface area contributed by atoms with E-state index in [-0.39, 0.29) is 0 Å². The summed E-state index contributed by atoms with van der Waals surface area (Å²) in [5, 5.41) is 7.72. The smallest absolute Gasteiger partial charge is 0.456 e. The van der Waals surface area contributed by atoms with Gasteiger partial charge in [-0.25, -0.2) is 4.79 Å². The summed E-state index contributed by atoms with van der Waals surface area (Å²) in [5.41, 5.74) is 0. The van der Waals surface area contributed by atoms with Gasteiger partial charge in [-0.3, -0.25) is 4.74 Å². The minimum Gasteiger partial charge on any atom is -0.475 e. The number of alkyl halides is 2. The first kappa shape index (κ1) is 8.85. The molecule has 0 atom stereocenters. The van der Waals surface area contributed by atoms with Gasteiger partial charge in [0, 0.05) is 0 Å². The van der Waals surface area contributed by atoms with Crippen LogP contribution in [0.4, 0.5) is 8.78 Å². The van der Waals surface area contributed by atoms with Crippen molar-refractivity contribution in [2.24, 2.45) is 0 Å². The zero-order chi connectivity index (χ0) is 8.20. The van der Waals surface area contributed by atoms with Crippen molar-refractivity contribution in [1.82, 2.24) is 0 Å². The van der Waals surface area contributed by atoms with Crippen LogP contribution < -0.4 is 0 Å². The van der Waals surface area contributed by atoms with E-state index < -0.39 is 18.7 Å². The van der Waals surface area contributed by atoms with Gasteiger partial charge < -0.3 is 5.11 Å². The van der Waals surface area contributed by atoms with Gasteiger partial charge in [0.2, 0.25) is 0 Å². The molecule has 0 aliphatic carbocycles. The van der Waals surface area contributed by atoms with E-state index in [9.17, 15) is 13.6 Å². The molecule has 0 aromatic rings. The van der Waals surface area contributed by atoms with Crippen molar-refractivity contribution in [2.75, 3.05) is 6.61 Å². The first-order valence-corrected chi connectivity index (χ1v) is 2.19. The fraction of sp³-hybridized carbons (Fsp3) is 0.400. The molecule has 0 aliphatic rings. The molecular formula is C5H4F2O3. The molecule has 56 valence electrons. The number of ether oxygens (including phenoxy) is 1. The number of hydrogen-bond acceptors (Lipinski definition) is 2. The van der Waals surface area contributed by atoms with E-state index in [2.05, 4.69) is 11.2 Å². The molecule has 0 saturated carbocycles. The van der Waals surface area contributed by atoms with E-state index >= 15 is 0 Å². The lowest BCUT2D eigenvalue weighted by Gasteiger charge is -2.07. The second-order valence-corrected chi connectivity index (χ2v) is 1.31. The van der Waals surface area contributed by atoms with Gasteiger partial charge in [0.05, 0.1) is 0 Å². The van der Waals surface area contributed by atoms with Crippen molar-refractivity contribution < 1.29 is 23.4 Å². The van der Waals surface area contributed by atoms with Gasteiger partial charge in [-0.1, -0.05) is 5.92 Å². The van der Waals surface area contributed by atoms with Crippen LogP contribution in [0.5, 0.6) is 0 Å². The normalized spacial score (nSPS) is 10.5. The molecule has 0 fully saturated rings. The maximum absolute atomic E-state index is 11.8. The van der Waals surface area contributed by atoms with Crippen molar-refractivity contribution in [3.63, 3.8) is 0 Å². The monoisotopic (exact) mass is 150 g/mol. The second kappa shape index (κ2) is 3.13. The maximum atomic E-state index is 11.8. The lowest BCUT2D eigenvalue weighted by molar-refractivity contribution is -0.240. The van der Waals surface area contributed by atoms with Crippen molar-refractivity contribution in [2.45, 2.75) is 6.11 Å². The molecule has 5 heteroatoms. The topological polar surface area (TPSA) is 46.5 Å². The predicted octanol–water partition coefficient (Wildman–Crippen LogP) is 0.314. The largest absolute Gasteiger partial charge is 0.475 e. The molecule has 0 spiro atoms. The molecule has 0 amide bonds. The maximum Gasteiger partial charge on any atom is 0.456 e. The van der Waals surface area contributed by atoms with Gasteiger partial charge in [-0.15, -0.1) is 6.42 Å². The van der Waals surface area contributed by atoms with Crippen molar-refractivity contribution in [1.29, 1.82) is 0 Å². The summed E-state index contributed by atoms with van der Waals surface area (Å²) in [6, 6.07) is 0. The van der Waals surface area contributed by atoms with E-state index in [1.807, 2.05) is 0 Å². The number of terminal acetylenes is 1. The standard InChI is InChI=1S/C5H4F2O3/c1-2-3-10-5(6,7)4(8)9/h1H,3H2,(H,8,9). The Bertz CT molecular complexity index is 170. The average Bonchev–Trinajstić information content (AvgIpc) is 1.84. The first-order chi connectivity index (χ1) is 4.50. The lowest BCUT2D eigenvalue weighted by Crippen LogP contribution is -2.31. The number of aliphatic carboxylic acids is 1. The van der Waals surface area contributed by atoms with Gasteiger partial charge >= 0.3 is 12.1 Å². The summed E-state index contributed by atoms with van der Waals surface area (Å²) in [4.78, 5) is 9.58. The number of carboxylic acids is 1. The molecule has 1 N–H and O–H groups in total. The Kier molecular flexibility index (Phi) is 2.77. The zero-order valence-corrected chi connectivity index (χ0v) is 4.80. The van der Waals surface area contributed by atoms with Gasteiger partial charge in [-0.2, -0.15) is 8.78 Å². The molecule has 10 heavy (non-hydrogen) atoms. The van der Waals surface area contributed by atoms with Crippen molar-refractivity contribution in [3.05, 3.63) is 0 Å². The highest BCUT2D eigenvalue weighted by Gasteiger charge is 2.40. The van der Waals surface area contributed by atoms with Crippen LogP contribution in [-0.4, -0.2) is 23.8 Å². The van der Waals surface area contributed by atoms with E-state index in [4.69, 9.17) is 5.11 Å². The third-order valence-electron chi connectivity index (χ3n) is 0.586. The molecule has 3 nitrogen and oxygen atoms in total. The minimum atomic E-state index is -4.17. The Labute approximate surface area is 55.6 Å². The summed E-state index contributed by atoms with van der Waals surface area (Å²) in [7, 11) is 0. The van der Waals surface area contributed by atoms with Crippen LogP contribution in [-0.2, 0) is 9.53 Å². The Morgan fingerprint density at radius 2 is 2.30 bits per heavy atom. The van der Waals surface area contributed by atoms with E-state index in [0.29, 0.717) is 0 Å². The van der Waals surface area contributed by atoms with Gasteiger partial charge in [-0.05, 0) is 0 Å². The summed E-state index contributed by atoms with van der Waals surface area (Å²) in [6.45, 7) is -0.723. The molecule has 0 aromatic carbocycles. The summed E-state index contributed by atoms with van der Waals surface area (Å²) < 4.78 is 27.1. The van der Waals surface area contributed by atoms with Crippen molar-refractivity contribution in [3.8, 4) is 12.3 Å². The number of hydrogen-bond donors (Lipinski definition) is 1. The number of rotatable bonds is 3. The van der Waals surface area contributed by atoms with E-state index in [1.54, 1.807) is 5.92 Å². The Hall–Kier alpha value is -1.15. The second-order valence-electron chi connectivity index (χ2n) is 1.31. The molecule has 0 heterocycles. The van der Waals surface area contributed by atoms with Gasteiger partial charge in [0.15, 0.2) is 0 Å². The predicted molar refractivity (Wildman–Crippen MR) is 27.4 cm³/mol. The number of carboxylic acid groups (broad SMARTS) is 1. The van der Waals surface area contributed by atoms with Crippen LogP contribution in [0.3, 0.4) is 0 Å². The molecular weight excluding hydrogens is 146 g/mol. The fourth-order valence-electron chi connectivity index (χ4n) is 0.194. The number of halogens is 2. The Morgan fingerprint density at radius 1 is 1.80 bits per heavy atom. The van der Waals surface area contributed by atoms with Crippen LogP contribution in [0.25, 0.3) is 0 Å². The summed E-state index contributed by atoms with van der Waals surface area (Å²) in [5.74, 6) is -0.632. The highest BCUT2D eigenvalue weighted by Crippen LogP contribution is 2.14. The highest BCUT2D eigenvalue weighted by atomic mass is 19.3. The molecule has 0 radical (unpaired) electrons. The SMILES string of the molecule is C#CCOC(F)(F)C(=O)O. The van der Waals surface area contributed by atoms with Crippen LogP contribution in [0.15, 0.2) is 0 Å². The van der Waals surface area contributed by atoms with Crippen LogP contribution in [0.2, 0.25) is 0 Å².